The highest BCUT2D eigenvalue weighted by atomic mass is 32.1. The van der Waals surface area contributed by atoms with Gasteiger partial charge in [-0.25, -0.2) is 19.4 Å². The summed E-state index contributed by atoms with van der Waals surface area (Å²) in [6.07, 6.45) is 7.57. The number of pyridine rings is 1. The lowest BCUT2D eigenvalue weighted by Gasteiger charge is -2.24. The number of aliphatic imine (C=N–C) groups is 1. The van der Waals surface area contributed by atoms with Gasteiger partial charge in [0, 0.05) is 35.3 Å². The monoisotopic (exact) mass is 369 g/mol. The van der Waals surface area contributed by atoms with Gasteiger partial charge in [0.25, 0.3) is 0 Å². The first kappa shape index (κ1) is 16.5. The molecule has 1 atom stereocenters. The lowest BCUT2D eigenvalue weighted by molar-refractivity contribution is 0.405. The first-order chi connectivity index (χ1) is 12.7. The largest absolute Gasteiger partial charge is 0.346 e. The maximum Gasteiger partial charge on any atom is 0.156 e. The molecule has 1 aliphatic heterocycles. The van der Waals surface area contributed by atoms with Crippen LogP contribution in [0.3, 0.4) is 0 Å². The predicted molar refractivity (Wildman–Crippen MR) is 99.9 cm³/mol. The number of likely N-dealkylation sites (tertiary alicyclic amines) is 1. The molecule has 132 valence electrons. The molecule has 4 rings (SSSR count). The number of halogens is 1. The quantitative estimate of drug-likeness (QED) is 0.487. The number of aromatic amines is 1. The van der Waals surface area contributed by atoms with Crippen molar-refractivity contribution in [1.82, 2.24) is 19.9 Å². The summed E-state index contributed by atoms with van der Waals surface area (Å²) in [5.41, 5.74) is 0.955. The third-order valence-electron chi connectivity index (χ3n) is 4.39. The molecule has 7 nitrogen and oxygen atoms in total. The SMILES string of the molecule is N=CC(=NC(=N)c1c[nH]c2ncc(F)cc12)N1CCCC1c1nccs1. The van der Waals surface area contributed by atoms with E-state index in [1.807, 2.05) is 10.3 Å². The molecule has 1 fully saturated rings. The van der Waals surface area contributed by atoms with Crippen molar-refractivity contribution < 1.29 is 4.39 Å². The number of rotatable bonds is 3. The van der Waals surface area contributed by atoms with Crippen molar-refractivity contribution in [1.29, 1.82) is 10.8 Å². The summed E-state index contributed by atoms with van der Waals surface area (Å²) in [6.45, 7) is 0.760. The second-order valence-corrected chi connectivity index (χ2v) is 6.86. The van der Waals surface area contributed by atoms with Gasteiger partial charge in [0.2, 0.25) is 0 Å². The van der Waals surface area contributed by atoms with Gasteiger partial charge in [0.05, 0.1) is 18.5 Å². The van der Waals surface area contributed by atoms with Crippen LogP contribution in [0.5, 0.6) is 0 Å². The van der Waals surface area contributed by atoms with Crippen molar-refractivity contribution >= 4 is 40.3 Å². The zero-order chi connectivity index (χ0) is 18.1. The minimum Gasteiger partial charge on any atom is -0.346 e. The second-order valence-electron chi connectivity index (χ2n) is 5.94. The molecule has 0 bridgehead atoms. The number of amidine groups is 2. The molecule has 1 aliphatic rings. The van der Waals surface area contributed by atoms with E-state index < -0.39 is 5.82 Å². The molecule has 3 aromatic rings. The summed E-state index contributed by atoms with van der Waals surface area (Å²) >= 11 is 1.58. The Kier molecular flexibility index (Phi) is 4.29. The van der Waals surface area contributed by atoms with Crippen LogP contribution in [0, 0.1) is 16.6 Å². The van der Waals surface area contributed by atoms with Crippen LogP contribution in [-0.2, 0) is 0 Å². The molecule has 3 N–H and O–H groups in total. The summed E-state index contributed by atoms with van der Waals surface area (Å²) in [7, 11) is 0. The minimum atomic E-state index is -0.467. The van der Waals surface area contributed by atoms with Crippen LogP contribution in [0.2, 0.25) is 0 Å². The average molecular weight is 369 g/mol. The van der Waals surface area contributed by atoms with Gasteiger partial charge in [-0.05, 0) is 18.9 Å². The van der Waals surface area contributed by atoms with E-state index in [4.69, 9.17) is 10.8 Å². The van der Waals surface area contributed by atoms with Gasteiger partial charge in [-0.2, -0.15) is 0 Å². The van der Waals surface area contributed by atoms with Crippen LogP contribution in [0.15, 0.2) is 35.0 Å². The Morgan fingerprint density at radius 2 is 2.35 bits per heavy atom. The highest BCUT2D eigenvalue weighted by Gasteiger charge is 2.30. The Balaban J connectivity index is 1.67. The summed E-state index contributed by atoms with van der Waals surface area (Å²) in [6, 6.07) is 1.40. The number of aromatic nitrogens is 3. The van der Waals surface area contributed by atoms with Crippen LogP contribution >= 0.6 is 11.3 Å². The van der Waals surface area contributed by atoms with Gasteiger partial charge in [-0.15, -0.1) is 11.3 Å². The molecule has 1 unspecified atom stereocenters. The summed E-state index contributed by atoms with van der Waals surface area (Å²) in [4.78, 5) is 17.6. The Labute approximate surface area is 152 Å². The van der Waals surface area contributed by atoms with E-state index in [9.17, 15) is 4.39 Å². The van der Waals surface area contributed by atoms with E-state index in [1.165, 1.54) is 6.07 Å². The van der Waals surface area contributed by atoms with Crippen LogP contribution in [-0.4, -0.2) is 44.3 Å². The Hall–Kier alpha value is -2.94. The molecule has 0 saturated carbocycles. The van der Waals surface area contributed by atoms with Crippen LogP contribution in [0.25, 0.3) is 11.0 Å². The van der Waals surface area contributed by atoms with E-state index in [0.29, 0.717) is 22.4 Å². The van der Waals surface area contributed by atoms with Gasteiger partial charge in [0.1, 0.15) is 22.3 Å². The smallest absolute Gasteiger partial charge is 0.156 e. The molecule has 0 aliphatic carbocycles. The van der Waals surface area contributed by atoms with Crippen molar-refractivity contribution in [2.24, 2.45) is 4.99 Å². The third kappa shape index (κ3) is 2.90. The van der Waals surface area contributed by atoms with Gasteiger partial charge in [-0.3, -0.25) is 5.41 Å². The normalized spacial score (nSPS) is 17.8. The maximum atomic E-state index is 13.5. The maximum absolute atomic E-state index is 13.5. The fraction of sp³-hybridized carbons (Fsp3) is 0.235. The lowest BCUT2D eigenvalue weighted by atomic mass is 10.2. The van der Waals surface area contributed by atoms with Crippen molar-refractivity contribution in [2.75, 3.05) is 6.54 Å². The molecule has 0 spiro atoms. The number of fused-ring (bicyclic) bond motifs is 1. The first-order valence-electron chi connectivity index (χ1n) is 8.14. The number of hydrogen-bond donors (Lipinski definition) is 3. The van der Waals surface area contributed by atoms with E-state index in [1.54, 1.807) is 23.7 Å². The second kappa shape index (κ2) is 6.75. The average Bonchev–Trinajstić information content (AvgIpc) is 3.37. The fourth-order valence-corrected chi connectivity index (χ4v) is 4.01. The fourth-order valence-electron chi connectivity index (χ4n) is 3.22. The molecule has 4 heterocycles. The number of nitrogens with one attached hydrogen (secondary N) is 3. The Morgan fingerprint density at radius 1 is 1.46 bits per heavy atom. The molecule has 1 saturated heterocycles. The highest BCUT2D eigenvalue weighted by molar-refractivity contribution is 7.09. The Morgan fingerprint density at radius 3 is 3.12 bits per heavy atom. The molecular formula is C17H16FN7S. The molecule has 0 aromatic carbocycles. The van der Waals surface area contributed by atoms with Gasteiger partial charge in [-0.1, -0.05) is 0 Å². The van der Waals surface area contributed by atoms with Crippen molar-refractivity contribution in [3.05, 3.63) is 46.4 Å². The van der Waals surface area contributed by atoms with E-state index in [0.717, 1.165) is 36.8 Å². The van der Waals surface area contributed by atoms with Crippen LogP contribution < -0.4 is 0 Å². The zero-order valence-corrected chi connectivity index (χ0v) is 14.6. The zero-order valence-electron chi connectivity index (χ0n) is 13.7. The van der Waals surface area contributed by atoms with Gasteiger partial charge < -0.3 is 15.3 Å². The summed E-state index contributed by atoms with van der Waals surface area (Å²) < 4.78 is 13.5. The number of nitrogens with zero attached hydrogens (tertiary/aromatic N) is 4. The summed E-state index contributed by atoms with van der Waals surface area (Å²) in [5, 5.41) is 19.5. The van der Waals surface area contributed by atoms with E-state index in [-0.39, 0.29) is 11.9 Å². The number of thiazole rings is 1. The first-order valence-corrected chi connectivity index (χ1v) is 9.02. The lowest BCUT2D eigenvalue weighted by Crippen LogP contribution is -2.32. The van der Waals surface area contributed by atoms with Gasteiger partial charge >= 0.3 is 0 Å². The van der Waals surface area contributed by atoms with Crippen molar-refractivity contribution in [3.8, 4) is 0 Å². The molecule has 26 heavy (non-hydrogen) atoms. The highest BCUT2D eigenvalue weighted by Crippen LogP contribution is 2.33. The molecule has 0 amide bonds. The number of hydrogen-bond acceptors (Lipinski definition) is 5. The molecule has 9 heteroatoms. The molecular weight excluding hydrogens is 353 g/mol. The van der Waals surface area contributed by atoms with Crippen molar-refractivity contribution in [2.45, 2.75) is 18.9 Å². The van der Waals surface area contributed by atoms with Crippen LogP contribution in [0.4, 0.5) is 4.39 Å². The topological polar surface area (TPSA) is 105 Å². The van der Waals surface area contributed by atoms with E-state index >= 15 is 0 Å². The minimum absolute atomic E-state index is 0.0352. The van der Waals surface area contributed by atoms with Crippen molar-refractivity contribution in [3.63, 3.8) is 0 Å². The molecule has 0 radical (unpaired) electrons. The predicted octanol–water partition coefficient (Wildman–Crippen LogP) is 3.37. The third-order valence-corrected chi connectivity index (χ3v) is 5.27. The van der Waals surface area contributed by atoms with Gasteiger partial charge in [0.15, 0.2) is 5.84 Å². The van der Waals surface area contributed by atoms with E-state index in [2.05, 4.69) is 19.9 Å². The van der Waals surface area contributed by atoms with Crippen LogP contribution in [0.1, 0.15) is 29.5 Å². The Bertz CT molecular complexity index is 992. The summed E-state index contributed by atoms with van der Waals surface area (Å²) in [5.74, 6) is -0.0934. The number of H-pyrrole nitrogens is 1. The standard InChI is InChI=1S/C17H16FN7S/c18-10-6-11-12(9-23-16(11)22-8-10)15(20)24-14(7-19)25-4-1-2-13(25)17-21-3-5-26-17/h3,5-9,13,19-20H,1-2,4H2,(H,22,23). The molecule has 3 aromatic heterocycles.